The first kappa shape index (κ1) is 27.0. The second kappa shape index (κ2) is 11.9. The number of carbonyl (C=O) groups is 1. The van der Waals surface area contributed by atoms with Crippen molar-refractivity contribution in [1.82, 2.24) is 15.3 Å². The number of benzene rings is 2. The topological polar surface area (TPSA) is 122 Å². The minimum Gasteiger partial charge on any atom is -0.494 e. The van der Waals surface area contributed by atoms with Gasteiger partial charge in [-0.15, -0.1) is 0 Å². The molecule has 0 fully saturated rings. The van der Waals surface area contributed by atoms with Gasteiger partial charge in [0.25, 0.3) is 15.9 Å². The molecule has 1 heterocycles. The zero-order valence-electron chi connectivity index (χ0n) is 20.5. The van der Waals surface area contributed by atoms with Crippen molar-refractivity contribution in [3.05, 3.63) is 71.5 Å². The number of aryl methyl sites for hydroxylation is 2. The summed E-state index contributed by atoms with van der Waals surface area (Å²) in [6.45, 7) is 8.32. The summed E-state index contributed by atoms with van der Waals surface area (Å²) in [7, 11) is -3.88. The Labute approximate surface area is 216 Å². The van der Waals surface area contributed by atoms with Crippen LogP contribution in [0, 0.1) is 19.8 Å². The number of rotatable bonds is 9. The van der Waals surface area contributed by atoms with E-state index in [2.05, 4.69) is 39.2 Å². The van der Waals surface area contributed by atoms with E-state index in [0.29, 0.717) is 40.9 Å². The molecule has 0 bridgehead atoms. The smallest absolute Gasteiger partial charge is 0.264 e. The number of amides is 1. The van der Waals surface area contributed by atoms with Crippen molar-refractivity contribution in [2.45, 2.75) is 39.0 Å². The van der Waals surface area contributed by atoms with E-state index in [1.807, 2.05) is 0 Å². The third kappa shape index (κ3) is 7.99. The van der Waals surface area contributed by atoms with Crippen LogP contribution in [0.3, 0.4) is 0 Å². The van der Waals surface area contributed by atoms with Crippen LogP contribution in [-0.4, -0.2) is 36.0 Å². The molecule has 0 aliphatic heterocycles. The van der Waals surface area contributed by atoms with Crippen molar-refractivity contribution >= 4 is 44.9 Å². The first-order valence-electron chi connectivity index (χ1n) is 11.3. The molecule has 0 aliphatic carbocycles. The summed E-state index contributed by atoms with van der Waals surface area (Å²) in [5.41, 5.74) is 2.22. The van der Waals surface area contributed by atoms with Crippen LogP contribution < -0.4 is 20.1 Å². The molecule has 3 rings (SSSR count). The van der Waals surface area contributed by atoms with E-state index in [1.54, 1.807) is 56.3 Å². The number of hydrogen-bond donors (Lipinski definition) is 3. The Morgan fingerprint density at radius 2 is 1.69 bits per heavy atom. The molecule has 0 atom stereocenters. The first-order valence-corrected chi connectivity index (χ1v) is 13.2. The van der Waals surface area contributed by atoms with Gasteiger partial charge < -0.3 is 10.1 Å². The van der Waals surface area contributed by atoms with Gasteiger partial charge >= 0.3 is 0 Å². The van der Waals surface area contributed by atoms with Crippen LogP contribution in [0.4, 0.5) is 11.6 Å². The Morgan fingerprint density at radius 1 is 1.03 bits per heavy atom. The summed E-state index contributed by atoms with van der Waals surface area (Å²) in [6.07, 6.45) is 0.917. The van der Waals surface area contributed by atoms with E-state index < -0.39 is 15.9 Å². The number of thiocarbonyl (C=S) groups is 1. The van der Waals surface area contributed by atoms with Gasteiger partial charge in [-0.25, -0.2) is 23.1 Å². The molecule has 0 saturated carbocycles. The van der Waals surface area contributed by atoms with Gasteiger partial charge in [-0.1, -0.05) is 19.9 Å². The molecule has 3 aromatic rings. The lowest BCUT2D eigenvalue weighted by Crippen LogP contribution is -2.34. The molecule has 1 amide bonds. The predicted octanol–water partition coefficient (Wildman–Crippen LogP) is 4.45. The summed E-state index contributed by atoms with van der Waals surface area (Å²) in [5.74, 6) is 0.752. The van der Waals surface area contributed by atoms with E-state index in [0.717, 1.165) is 6.42 Å². The molecule has 0 aliphatic rings. The summed E-state index contributed by atoms with van der Waals surface area (Å²) in [6, 6.07) is 14.5. The minimum absolute atomic E-state index is 0.00739. The summed E-state index contributed by atoms with van der Waals surface area (Å²) in [5, 5.41) is 5.56. The van der Waals surface area contributed by atoms with Crippen molar-refractivity contribution in [3.63, 3.8) is 0 Å². The van der Waals surface area contributed by atoms with Crippen molar-refractivity contribution in [2.75, 3.05) is 16.6 Å². The van der Waals surface area contributed by atoms with E-state index in [-0.39, 0.29) is 16.0 Å². The van der Waals surface area contributed by atoms with Crippen LogP contribution in [0.2, 0.25) is 0 Å². The Hall–Kier alpha value is -3.57. The zero-order chi connectivity index (χ0) is 26.3. The number of sulfonamides is 1. The van der Waals surface area contributed by atoms with Crippen LogP contribution in [0.15, 0.2) is 59.5 Å². The third-order valence-electron chi connectivity index (χ3n) is 4.92. The maximum atomic E-state index is 12.7. The standard InChI is InChI=1S/C25H29N5O4S2/c1-16(2)12-13-34-21-7-5-6-19(15-21)23(31)29-25(35)28-20-8-10-22(11-9-20)36(32,33)30-24-26-17(3)14-18(4)27-24/h5-11,14-16H,12-13H2,1-4H3,(H,26,27,30)(H2,28,29,31,35). The molecule has 0 radical (unpaired) electrons. The van der Waals surface area contributed by atoms with Crippen molar-refractivity contribution in [3.8, 4) is 5.75 Å². The Morgan fingerprint density at radius 3 is 2.33 bits per heavy atom. The average Bonchev–Trinajstić information content (AvgIpc) is 2.78. The lowest BCUT2D eigenvalue weighted by molar-refractivity contribution is 0.0977. The fraction of sp³-hybridized carbons (Fsp3) is 0.280. The molecule has 190 valence electrons. The van der Waals surface area contributed by atoms with Crippen LogP contribution in [-0.2, 0) is 10.0 Å². The van der Waals surface area contributed by atoms with E-state index in [9.17, 15) is 13.2 Å². The molecule has 11 heteroatoms. The summed E-state index contributed by atoms with van der Waals surface area (Å²) < 4.78 is 33.4. The largest absolute Gasteiger partial charge is 0.494 e. The monoisotopic (exact) mass is 527 g/mol. The molecule has 3 N–H and O–H groups in total. The quantitative estimate of drug-likeness (QED) is 0.349. The number of hydrogen-bond acceptors (Lipinski definition) is 7. The van der Waals surface area contributed by atoms with Gasteiger partial charge in [0.05, 0.1) is 11.5 Å². The Bertz CT molecular complexity index is 1320. The van der Waals surface area contributed by atoms with Gasteiger partial charge in [-0.05, 0) is 86.9 Å². The SMILES string of the molecule is Cc1cc(C)nc(NS(=O)(=O)c2ccc(NC(=S)NC(=O)c3cccc(OCCC(C)C)c3)cc2)n1. The number of nitrogens with one attached hydrogen (secondary N) is 3. The van der Waals surface area contributed by atoms with Crippen LogP contribution in [0.1, 0.15) is 42.0 Å². The lowest BCUT2D eigenvalue weighted by atomic mass is 10.1. The normalized spacial score (nSPS) is 11.1. The van der Waals surface area contributed by atoms with E-state index in [4.69, 9.17) is 17.0 Å². The van der Waals surface area contributed by atoms with Gasteiger partial charge in [-0.3, -0.25) is 10.1 Å². The Balaban J connectivity index is 1.58. The predicted molar refractivity (Wildman–Crippen MR) is 144 cm³/mol. The highest BCUT2D eigenvalue weighted by Crippen LogP contribution is 2.18. The fourth-order valence-electron chi connectivity index (χ4n) is 3.15. The number of aromatic nitrogens is 2. The molecule has 9 nitrogen and oxygen atoms in total. The highest BCUT2D eigenvalue weighted by molar-refractivity contribution is 7.92. The zero-order valence-corrected chi connectivity index (χ0v) is 22.2. The number of carbonyl (C=O) groups excluding carboxylic acids is 1. The number of ether oxygens (including phenoxy) is 1. The van der Waals surface area contributed by atoms with Gasteiger partial charge in [-0.2, -0.15) is 0 Å². The second-order valence-electron chi connectivity index (χ2n) is 8.57. The second-order valence-corrected chi connectivity index (χ2v) is 10.7. The van der Waals surface area contributed by atoms with E-state index >= 15 is 0 Å². The molecule has 0 unspecified atom stereocenters. The van der Waals surface area contributed by atoms with Crippen molar-refractivity contribution < 1.29 is 17.9 Å². The minimum atomic E-state index is -3.88. The van der Waals surface area contributed by atoms with Gasteiger partial charge in [0, 0.05) is 22.6 Å². The summed E-state index contributed by atoms with van der Waals surface area (Å²) in [4.78, 5) is 20.8. The molecule has 0 saturated heterocycles. The van der Waals surface area contributed by atoms with Crippen molar-refractivity contribution in [2.24, 2.45) is 5.92 Å². The molecule has 0 spiro atoms. The summed E-state index contributed by atoms with van der Waals surface area (Å²) >= 11 is 5.24. The molecular formula is C25H29N5O4S2. The molecule has 1 aromatic heterocycles. The van der Waals surface area contributed by atoms with E-state index in [1.165, 1.54) is 12.1 Å². The van der Waals surface area contributed by atoms with Crippen LogP contribution in [0.5, 0.6) is 5.75 Å². The lowest BCUT2D eigenvalue weighted by Gasteiger charge is -2.12. The molecule has 2 aromatic carbocycles. The van der Waals surface area contributed by atoms with Crippen molar-refractivity contribution in [1.29, 1.82) is 0 Å². The van der Waals surface area contributed by atoms with Gasteiger partial charge in [0.2, 0.25) is 5.95 Å². The molecular weight excluding hydrogens is 498 g/mol. The number of nitrogens with zero attached hydrogens (tertiary/aromatic N) is 2. The van der Waals surface area contributed by atoms with Crippen LogP contribution in [0.25, 0.3) is 0 Å². The fourth-order valence-corrected chi connectivity index (χ4v) is 4.30. The highest BCUT2D eigenvalue weighted by atomic mass is 32.2. The van der Waals surface area contributed by atoms with Gasteiger partial charge in [0.1, 0.15) is 5.75 Å². The highest BCUT2D eigenvalue weighted by Gasteiger charge is 2.16. The maximum Gasteiger partial charge on any atom is 0.264 e. The first-order chi connectivity index (χ1) is 17.0. The van der Waals surface area contributed by atoms with Gasteiger partial charge in [0.15, 0.2) is 5.11 Å². The average molecular weight is 528 g/mol. The number of anilines is 2. The Kier molecular flexibility index (Phi) is 8.94. The molecule has 36 heavy (non-hydrogen) atoms. The van der Waals surface area contributed by atoms with Crippen LogP contribution >= 0.6 is 12.2 Å². The maximum absolute atomic E-state index is 12.7. The third-order valence-corrected chi connectivity index (χ3v) is 6.47.